The summed E-state index contributed by atoms with van der Waals surface area (Å²) in [6.45, 7) is 0. The zero-order valence-electron chi connectivity index (χ0n) is 11.3. The van der Waals surface area contributed by atoms with Gasteiger partial charge in [-0.3, -0.25) is 0 Å². The van der Waals surface area contributed by atoms with Gasteiger partial charge in [-0.1, -0.05) is 42.5 Å². The van der Waals surface area contributed by atoms with Crippen molar-refractivity contribution in [2.45, 2.75) is 43.0 Å². The van der Waals surface area contributed by atoms with E-state index in [1.807, 2.05) is 0 Å². The highest BCUT2D eigenvalue weighted by Crippen LogP contribution is 2.35. The van der Waals surface area contributed by atoms with Gasteiger partial charge in [-0.15, -0.1) is 0 Å². The largest absolute Gasteiger partial charge is 0.399 e. The predicted molar refractivity (Wildman–Crippen MR) is 82.7 cm³/mol. The minimum atomic E-state index is -3.70. The normalized spacial score (nSPS) is 17.6. The van der Waals surface area contributed by atoms with E-state index in [0.717, 1.165) is 32.1 Å². The topological polar surface area (TPSA) is 63.4 Å². The second-order valence-electron chi connectivity index (χ2n) is 5.13. The molecule has 0 aliphatic heterocycles. The van der Waals surface area contributed by atoms with Crippen LogP contribution in [-0.4, -0.2) is 25.8 Å². The van der Waals surface area contributed by atoms with Gasteiger partial charge in [0.05, 0.1) is 10.0 Å². The van der Waals surface area contributed by atoms with Gasteiger partial charge in [-0.2, -0.15) is 4.31 Å². The summed E-state index contributed by atoms with van der Waals surface area (Å²) in [5.41, 5.74) is 5.96. The van der Waals surface area contributed by atoms with E-state index in [9.17, 15) is 8.42 Å². The van der Waals surface area contributed by atoms with E-state index in [-0.39, 0.29) is 21.0 Å². The average Bonchev–Trinajstić information content (AvgIpc) is 2.37. The minimum absolute atomic E-state index is 0.0124. The molecule has 112 valence electrons. The van der Waals surface area contributed by atoms with Crippen molar-refractivity contribution in [2.24, 2.45) is 0 Å². The van der Waals surface area contributed by atoms with E-state index in [2.05, 4.69) is 0 Å². The molecular weight excluding hydrogens is 319 g/mol. The fourth-order valence-electron chi connectivity index (χ4n) is 2.61. The van der Waals surface area contributed by atoms with Crippen molar-refractivity contribution in [3.63, 3.8) is 0 Å². The maximum Gasteiger partial charge on any atom is 0.246 e. The smallest absolute Gasteiger partial charge is 0.246 e. The molecule has 0 spiro atoms. The molecular formula is C13H18Cl2N2O2S. The minimum Gasteiger partial charge on any atom is -0.399 e. The first-order valence-corrected chi connectivity index (χ1v) is 8.76. The zero-order valence-corrected chi connectivity index (χ0v) is 13.6. The standard InChI is InChI=1S/C13H18Cl2N2O2S/c1-17(10-5-3-2-4-6-10)20(18,19)13-11(14)7-9(16)8-12(13)15/h7-8,10H,2-6,16H2,1H3. The summed E-state index contributed by atoms with van der Waals surface area (Å²) in [6, 6.07) is 2.84. The van der Waals surface area contributed by atoms with Crippen molar-refractivity contribution in [1.29, 1.82) is 0 Å². The Morgan fingerprint density at radius 3 is 2.15 bits per heavy atom. The third-order valence-corrected chi connectivity index (χ3v) is 6.58. The van der Waals surface area contributed by atoms with Crippen LogP contribution in [0.4, 0.5) is 5.69 Å². The molecule has 0 amide bonds. The monoisotopic (exact) mass is 336 g/mol. The Kier molecular flexibility index (Phi) is 4.84. The third-order valence-electron chi connectivity index (χ3n) is 3.75. The fraction of sp³-hybridized carbons (Fsp3) is 0.538. The van der Waals surface area contributed by atoms with Crippen molar-refractivity contribution >= 4 is 38.9 Å². The summed E-state index contributed by atoms with van der Waals surface area (Å²) in [5, 5.41) is 0.135. The molecule has 0 unspecified atom stereocenters. The van der Waals surface area contributed by atoms with Crippen LogP contribution >= 0.6 is 23.2 Å². The Balaban J connectivity index is 2.39. The summed E-state index contributed by atoms with van der Waals surface area (Å²) in [6.07, 6.45) is 5.01. The quantitative estimate of drug-likeness (QED) is 0.858. The fourth-order valence-corrected chi connectivity index (χ4v) is 5.20. The number of hydrogen-bond acceptors (Lipinski definition) is 3. The molecule has 1 aromatic carbocycles. The van der Waals surface area contributed by atoms with Gasteiger partial charge < -0.3 is 5.73 Å². The van der Waals surface area contributed by atoms with Crippen LogP contribution in [0.15, 0.2) is 17.0 Å². The van der Waals surface area contributed by atoms with Gasteiger partial charge in [-0.25, -0.2) is 8.42 Å². The van der Waals surface area contributed by atoms with Gasteiger partial charge in [0.1, 0.15) is 4.90 Å². The number of nitrogens with two attached hydrogens (primary N) is 1. The lowest BCUT2D eigenvalue weighted by atomic mass is 9.96. The molecule has 7 heteroatoms. The maximum absolute atomic E-state index is 12.7. The Hall–Kier alpha value is -0.490. The van der Waals surface area contributed by atoms with E-state index in [4.69, 9.17) is 28.9 Å². The summed E-state index contributed by atoms with van der Waals surface area (Å²) < 4.78 is 26.8. The van der Waals surface area contributed by atoms with Crippen molar-refractivity contribution in [3.8, 4) is 0 Å². The van der Waals surface area contributed by atoms with Gasteiger partial charge >= 0.3 is 0 Å². The molecule has 20 heavy (non-hydrogen) atoms. The molecule has 2 N–H and O–H groups in total. The molecule has 1 aromatic rings. The van der Waals surface area contributed by atoms with Gasteiger partial charge in [-0.05, 0) is 25.0 Å². The lowest BCUT2D eigenvalue weighted by Crippen LogP contribution is -2.38. The first-order valence-electron chi connectivity index (χ1n) is 6.56. The SMILES string of the molecule is CN(C1CCCCC1)S(=O)(=O)c1c(Cl)cc(N)cc1Cl. The first kappa shape index (κ1) is 15.9. The first-order chi connectivity index (χ1) is 9.34. The van der Waals surface area contributed by atoms with Crippen LogP contribution in [0.2, 0.25) is 10.0 Å². The number of rotatable bonds is 3. The van der Waals surface area contributed by atoms with Crippen LogP contribution in [0.1, 0.15) is 32.1 Å². The van der Waals surface area contributed by atoms with Crippen LogP contribution in [0, 0.1) is 0 Å². The van der Waals surface area contributed by atoms with E-state index < -0.39 is 10.0 Å². The van der Waals surface area contributed by atoms with Gasteiger partial charge in [0.2, 0.25) is 10.0 Å². The van der Waals surface area contributed by atoms with Crippen molar-refractivity contribution in [2.75, 3.05) is 12.8 Å². The molecule has 4 nitrogen and oxygen atoms in total. The van der Waals surface area contributed by atoms with Crippen LogP contribution in [0.5, 0.6) is 0 Å². The lowest BCUT2D eigenvalue weighted by Gasteiger charge is -2.30. The molecule has 0 aromatic heterocycles. The molecule has 1 fully saturated rings. The molecule has 1 aliphatic rings. The Morgan fingerprint density at radius 2 is 1.65 bits per heavy atom. The Bertz CT molecular complexity index is 575. The number of sulfonamides is 1. The highest BCUT2D eigenvalue weighted by Gasteiger charge is 2.32. The van der Waals surface area contributed by atoms with E-state index in [1.165, 1.54) is 16.4 Å². The van der Waals surface area contributed by atoms with Gasteiger partial charge in [0, 0.05) is 18.8 Å². The van der Waals surface area contributed by atoms with Crippen molar-refractivity contribution < 1.29 is 8.42 Å². The summed E-state index contributed by atoms with van der Waals surface area (Å²) in [7, 11) is -2.11. The predicted octanol–water partition coefficient (Wildman–Crippen LogP) is 3.53. The summed E-state index contributed by atoms with van der Waals surface area (Å²) in [4.78, 5) is -0.0527. The maximum atomic E-state index is 12.7. The highest BCUT2D eigenvalue weighted by molar-refractivity contribution is 7.89. The molecule has 1 aliphatic carbocycles. The van der Waals surface area contributed by atoms with Gasteiger partial charge in [0.25, 0.3) is 0 Å². The molecule has 0 saturated heterocycles. The van der Waals surface area contributed by atoms with Crippen LogP contribution in [-0.2, 0) is 10.0 Å². The molecule has 0 radical (unpaired) electrons. The molecule has 2 rings (SSSR count). The molecule has 0 bridgehead atoms. The van der Waals surface area contributed by atoms with Crippen molar-refractivity contribution in [1.82, 2.24) is 4.31 Å². The summed E-state index contributed by atoms with van der Waals surface area (Å²) >= 11 is 12.1. The highest BCUT2D eigenvalue weighted by atomic mass is 35.5. The van der Waals surface area contributed by atoms with E-state index >= 15 is 0 Å². The third kappa shape index (κ3) is 3.06. The number of halogens is 2. The number of benzene rings is 1. The Morgan fingerprint density at radius 1 is 1.15 bits per heavy atom. The molecule has 1 saturated carbocycles. The Labute approximate surface area is 129 Å². The summed E-state index contributed by atoms with van der Waals surface area (Å²) in [5.74, 6) is 0. The number of nitrogens with zero attached hydrogens (tertiary/aromatic N) is 1. The van der Waals surface area contributed by atoms with E-state index in [0.29, 0.717) is 5.69 Å². The second kappa shape index (κ2) is 6.10. The second-order valence-corrected chi connectivity index (χ2v) is 7.88. The van der Waals surface area contributed by atoms with Crippen LogP contribution in [0.25, 0.3) is 0 Å². The van der Waals surface area contributed by atoms with Crippen LogP contribution < -0.4 is 5.73 Å². The van der Waals surface area contributed by atoms with Crippen molar-refractivity contribution in [3.05, 3.63) is 22.2 Å². The van der Waals surface area contributed by atoms with Gasteiger partial charge in [0.15, 0.2) is 0 Å². The number of nitrogen functional groups attached to an aromatic ring is 1. The van der Waals surface area contributed by atoms with Crippen LogP contribution in [0.3, 0.4) is 0 Å². The molecule has 0 atom stereocenters. The number of hydrogen-bond donors (Lipinski definition) is 1. The zero-order chi connectivity index (χ0) is 14.9. The van der Waals surface area contributed by atoms with E-state index in [1.54, 1.807) is 7.05 Å². The molecule has 0 heterocycles. The number of anilines is 1. The average molecular weight is 337 g/mol. The lowest BCUT2D eigenvalue weighted by molar-refractivity contribution is 0.286.